The monoisotopic (exact) mass is 266 g/mol. The Kier molecular flexibility index (Phi) is 5.78. The topological polar surface area (TPSA) is 88.5 Å². The first kappa shape index (κ1) is 14.9. The molecule has 0 aliphatic carbocycles. The van der Waals surface area contributed by atoms with Crippen LogP contribution >= 0.6 is 0 Å². The molecule has 6 nitrogen and oxygen atoms in total. The number of ether oxygens (including phenoxy) is 1. The first-order valence-corrected chi connectivity index (χ1v) is 6.14. The second kappa shape index (κ2) is 7.35. The van der Waals surface area contributed by atoms with Gasteiger partial charge in [-0.15, -0.1) is 0 Å². The lowest BCUT2D eigenvalue weighted by Crippen LogP contribution is -2.17. The molecule has 0 bridgehead atoms. The van der Waals surface area contributed by atoms with E-state index in [0.29, 0.717) is 24.4 Å². The van der Waals surface area contributed by atoms with Gasteiger partial charge in [0, 0.05) is 18.7 Å². The molecule has 1 aromatic heterocycles. The second-order valence-electron chi connectivity index (χ2n) is 4.13. The molecular formula is C13H18N2O4. The number of aliphatic carboxylic acids is 1. The zero-order valence-electron chi connectivity index (χ0n) is 11.0. The van der Waals surface area contributed by atoms with Crippen molar-refractivity contribution in [3.63, 3.8) is 0 Å². The van der Waals surface area contributed by atoms with E-state index in [1.165, 1.54) is 6.20 Å². The molecule has 1 heterocycles. The molecule has 6 heteroatoms. The molecule has 1 unspecified atom stereocenters. The molecule has 0 amide bonds. The van der Waals surface area contributed by atoms with Gasteiger partial charge in [0.1, 0.15) is 5.82 Å². The van der Waals surface area contributed by atoms with Crippen molar-refractivity contribution in [2.24, 2.45) is 0 Å². The standard InChI is InChI=1S/C13H18N2O4/c1-3-19-13(18)10-5-6-11(14-8-10)15-9(2)4-7-12(16)17/h5-6,8-9H,3-4,7H2,1-2H3,(H,14,15)(H,16,17). The quantitative estimate of drug-likeness (QED) is 0.733. The van der Waals surface area contributed by atoms with Crippen LogP contribution in [-0.4, -0.2) is 34.7 Å². The Morgan fingerprint density at radius 1 is 1.47 bits per heavy atom. The van der Waals surface area contributed by atoms with Gasteiger partial charge < -0.3 is 15.2 Å². The van der Waals surface area contributed by atoms with E-state index < -0.39 is 11.9 Å². The number of carbonyl (C=O) groups excluding carboxylic acids is 1. The fourth-order valence-electron chi connectivity index (χ4n) is 1.48. The van der Waals surface area contributed by atoms with Crippen LogP contribution in [0.25, 0.3) is 0 Å². The summed E-state index contributed by atoms with van der Waals surface area (Å²) in [6.45, 7) is 3.94. The van der Waals surface area contributed by atoms with E-state index in [0.717, 1.165) is 0 Å². The van der Waals surface area contributed by atoms with Gasteiger partial charge in [-0.05, 0) is 32.4 Å². The lowest BCUT2D eigenvalue weighted by atomic mass is 10.2. The molecule has 0 aliphatic heterocycles. The maximum Gasteiger partial charge on any atom is 0.339 e. The normalized spacial score (nSPS) is 11.7. The zero-order valence-corrected chi connectivity index (χ0v) is 11.0. The predicted molar refractivity (Wildman–Crippen MR) is 70.1 cm³/mol. The molecule has 19 heavy (non-hydrogen) atoms. The first-order valence-electron chi connectivity index (χ1n) is 6.14. The molecule has 0 fully saturated rings. The number of rotatable bonds is 7. The Bertz CT molecular complexity index is 431. The van der Waals surface area contributed by atoms with Crippen molar-refractivity contribution in [1.82, 2.24) is 4.98 Å². The van der Waals surface area contributed by atoms with Crippen LogP contribution in [0.4, 0.5) is 5.82 Å². The fraction of sp³-hybridized carbons (Fsp3) is 0.462. The molecule has 1 aromatic rings. The summed E-state index contributed by atoms with van der Waals surface area (Å²) in [6, 6.07) is 3.29. The van der Waals surface area contributed by atoms with Crippen LogP contribution in [0.2, 0.25) is 0 Å². The summed E-state index contributed by atoms with van der Waals surface area (Å²) < 4.78 is 4.85. The minimum Gasteiger partial charge on any atom is -0.481 e. The molecule has 2 N–H and O–H groups in total. The number of esters is 1. The summed E-state index contributed by atoms with van der Waals surface area (Å²) >= 11 is 0. The summed E-state index contributed by atoms with van der Waals surface area (Å²) in [6.07, 6.45) is 2.05. The largest absolute Gasteiger partial charge is 0.481 e. The van der Waals surface area contributed by atoms with Crippen LogP contribution in [-0.2, 0) is 9.53 Å². The van der Waals surface area contributed by atoms with Crippen LogP contribution in [0.15, 0.2) is 18.3 Å². The van der Waals surface area contributed by atoms with Gasteiger partial charge in [-0.3, -0.25) is 4.79 Å². The van der Waals surface area contributed by atoms with Crippen LogP contribution in [0.1, 0.15) is 37.0 Å². The molecule has 0 saturated heterocycles. The first-order chi connectivity index (χ1) is 9.02. The number of hydrogen-bond donors (Lipinski definition) is 2. The van der Waals surface area contributed by atoms with Gasteiger partial charge in [0.05, 0.1) is 12.2 Å². The van der Waals surface area contributed by atoms with E-state index in [1.54, 1.807) is 19.1 Å². The Morgan fingerprint density at radius 3 is 2.74 bits per heavy atom. The second-order valence-corrected chi connectivity index (χ2v) is 4.13. The number of nitrogens with one attached hydrogen (secondary N) is 1. The highest BCUT2D eigenvalue weighted by atomic mass is 16.5. The molecular weight excluding hydrogens is 248 g/mol. The Balaban J connectivity index is 2.52. The van der Waals surface area contributed by atoms with Crippen molar-refractivity contribution >= 4 is 17.8 Å². The van der Waals surface area contributed by atoms with E-state index in [4.69, 9.17) is 9.84 Å². The Hall–Kier alpha value is -2.11. The van der Waals surface area contributed by atoms with Gasteiger partial charge >= 0.3 is 11.9 Å². The van der Waals surface area contributed by atoms with E-state index >= 15 is 0 Å². The Labute approximate surface area is 111 Å². The molecule has 0 saturated carbocycles. The van der Waals surface area contributed by atoms with Crippen LogP contribution < -0.4 is 5.32 Å². The highest BCUT2D eigenvalue weighted by Crippen LogP contribution is 2.09. The third-order valence-corrected chi connectivity index (χ3v) is 2.46. The highest BCUT2D eigenvalue weighted by Gasteiger charge is 2.08. The van der Waals surface area contributed by atoms with Gasteiger partial charge in [-0.1, -0.05) is 0 Å². The lowest BCUT2D eigenvalue weighted by Gasteiger charge is -2.13. The van der Waals surface area contributed by atoms with Crippen molar-refractivity contribution in [3.8, 4) is 0 Å². The van der Waals surface area contributed by atoms with Gasteiger partial charge in [-0.2, -0.15) is 0 Å². The number of carbonyl (C=O) groups is 2. The summed E-state index contributed by atoms with van der Waals surface area (Å²) in [5.74, 6) is -0.620. The minimum atomic E-state index is -0.820. The average molecular weight is 266 g/mol. The van der Waals surface area contributed by atoms with Gasteiger partial charge in [0.2, 0.25) is 0 Å². The summed E-state index contributed by atoms with van der Waals surface area (Å²) in [5.41, 5.74) is 0.394. The maximum absolute atomic E-state index is 11.4. The predicted octanol–water partition coefficient (Wildman–Crippen LogP) is 1.92. The number of aromatic nitrogens is 1. The van der Waals surface area contributed by atoms with Crippen molar-refractivity contribution in [2.45, 2.75) is 32.7 Å². The SMILES string of the molecule is CCOC(=O)c1ccc(NC(C)CCC(=O)O)nc1. The summed E-state index contributed by atoms with van der Waals surface area (Å²) in [4.78, 5) is 25.9. The minimum absolute atomic E-state index is 0.00274. The average Bonchev–Trinajstić information content (AvgIpc) is 2.37. The molecule has 1 rings (SSSR count). The van der Waals surface area contributed by atoms with Crippen molar-refractivity contribution in [2.75, 3.05) is 11.9 Å². The van der Waals surface area contributed by atoms with Gasteiger partial charge in [-0.25, -0.2) is 9.78 Å². The van der Waals surface area contributed by atoms with E-state index in [9.17, 15) is 9.59 Å². The van der Waals surface area contributed by atoms with Crippen molar-refractivity contribution < 1.29 is 19.4 Å². The van der Waals surface area contributed by atoms with Crippen molar-refractivity contribution in [3.05, 3.63) is 23.9 Å². The molecule has 1 atom stereocenters. The van der Waals surface area contributed by atoms with E-state index in [1.807, 2.05) is 6.92 Å². The van der Waals surface area contributed by atoms with Crippen LogP contribution in [0.3, 0.4) is 0 Å². The molecule has 0 radical (unpaired) electrons. The number of hydrogen-bond acceptors (Lipinski definition) is 5. The highest BCUT2D eigenvalue weighted by molar-refractivity contribution is 5.89. The van der Waals surface area contributed by atoms with Crippen LogP contribution in [0, 0.1) is 0 Å². The van der Waals surface area contributed by atoms with Crippen molar-refractivity contribution in [1.29, 1.82) is 0 Å². The van der Waals surface area contributed by atoms with E-state index in [2.05, 4.69) is 10.3 Å². The third-order valence-electron chi connectivity index (χ3n) is 2.46. The van der Waals surface area contributed by atoms with Gasteiger partial charge in [0.15, 0.2) is 0 Å². The van der Waals surface area contributed by atoms with Crippen LogP contribution in [0.5, 0.6) is 0 Å². The van der Waals surface area contributed by atoms with E-state index in [-0.39, 0.29) is 12.5 Å². The fourth-order valence-corrected chi connectivity index (χ4v) is 1.48. The zero-order chi connectivity index (χ0) is 14.3. The number of anilines is 1. The number of carboxylic acids is 1. The molecule has 0 aliphatic rings. The number of carboxylic acid groups (broad SMARTS) is 1. The number of pyridine rings is 1. The summed E-state index contributed by atoms with van der Waals surface area (Å²) in [7, 11) is 0. The summed E-state index contributed by atoms with van der Waals surface area (Å²) in [5, 5.41) is 11.7. The number of nitrogens with zero attached hydrogens (tertiary/aromatic N) is 1. The smallest absolute Gasteiger partial charge is 0.339 e. The molecule has 0 spiro atoms. The molecule has 104 valence electrons. The molecule has 0 aromatic carbocycles. The van der Waals surface area contributed by atoms with Gasteiger partial charge in [0.25, 0.3) is 0 Å². The maximum atomic E-state index is 11.4. The lowest BCUT2D eigenvalue weighted by molar-refractivity contribution is -0.137. The Morgan fingerprint density at radius 2 is 2.21 bits per heavy atom. The third kappa shape index (κ3) is 5.37.